The van der Waals surface area contributed by atoms with Gasteiger partial charge >= 0.3 is 0 Å². The zero-order valence-electron chi connectivity index (χ0n) is 13.5. The molecule has 2 fully saturated rings. The summed E-state index contributed by atoms with van der Waals surface area (Å²) < 4.78 is 0. The summed E-state index contributed by atoms with van der Waals surface area (Å²) in [6, 6.07) is 13.0. The minimum atomic E-state index is 0.538. The van der Waals surface area contributed by atoms with Gasteiger partial charge in [-0.1, -0.05) is 37.3 Å². The van der Waals surface area contributed by atoms with Crippen molar-refractivity contribution in [1.29, 1.82) is 0 Å². The highest BCUT2D eigenvalue weighted by atomic mass is 15.3. The smallest absolute Gasteiger partial charge is 0.0479 e. The second-order valence-electron chi connectivity index (χ2n) is 6.67. The topological polar surface area (TPSA) is 18.5 Å². The number of likely N-dealkylation sites (N-methyl/N-ethyl adjacent to an activating group) is 1. The highest BCUT2D eigenvalue weighted by Gasteiger charge is 2.32. The van der Waals surface area contributed by atoms with Gasteiger partial charge in [-0.25, -0.2) is 0 Å². The summed E-state index contributed by atoms with van der Waals surface area (Å²) in [6.07, 6.45) is 3.98. The van der Waals surface area contributed by atoms with E-state index < -0.39 is 0 Å². The first-order chi connectivity index (χ1) is 10.3. The second-order valence-corrected chi connectivity index (χ2v) is 6.67. The lowest BCUT2D eigenvalue weighted by Crippen LogP contribution is -2.53. The van der Waals surface area contributed by atoms with Crippen LogP contribution in [-0.2, 0) is 0 Å². The molecule has 1 heterocycles. The Labute approximate surface area is 129 Å². The van der Waals surface area contributed by atoms with E-state index in [1.807, 2.05) is 0 Å². The van der Waals surface area contributed by atoms with Crippen molar-refractivity contribution in [3.63, 3.8) is 0 Å². The fourth-order valence-electron chi connectivity index (χ4n) is 3.43. The monoisotopic (exact) mass is 287 g/mol. The van der Waals surface area contributed by atoms with Crippen molar-refractivity contribution in [2.24, 2.45) is 0 Å². The summed E-state index contributed by atoms with van der Waals surface area (Å²) in [5.74, 6) is 0. The lowest BCUT2D eigenvalue weighted by atomic mass is 9.99. The number of rotatable bonds is 6. The second kappa shape index (κ2) is 6.91. The maximum absolute atomic E-state index is 3.73. The molecule has 1 aromatic carbocycles. The summed E-state index contributed by atoms with van der Waals surface area (Å²) >= 11 is 0. The molecule has 0 radical (unpaired) electrons. The van der Waals surface area contributed by atoms with Gasteiger partial charge in [0.05, 0.1) is 0 Å². The molecule has 3 heteroatoms. The molecule has 2 unspecified atom stereocenters. The molecule has 2 atom stereocenters. The van der Waals surface area contributed by atoms with Crippen LogP contribution in [0.5, 0.6) is 0 Å². The summed E-state index contributed by atoms with van der Waals surface area (Å²) in [4.78, 5) is 5.21. The molecule has 1 saturated carbocycles. The molecule has 0 spiro atoms. The van der Waals surface area contributed by atoms with Crippen molar-refractivity contribution in [1.82, 2.24) is 15.1 Å². The minimum absolute atomic E-state index is 0.538. The highest BCUT2D eigenvalue weighted by Crippen LogP contribution is 2.28. The van der Waals surface area contributed by atoms with Crippen molar-refractivity contribution in [2.75, 3.05) is 33.2 Å². The molecule has 1 aliphatic carbocycles. The van der Waals surface area contributed by atoms with Gasteiger partial charge in [0.1, 0.15) is 0 Å². The van der Waals surface area contributed by atoms with Crippen LogP contribution in [0.1, 0.15) is 37.8 Å². The van der Waals surface area contributed by atoms with Crippen LogP contribution in [-0.4, -0.2) is 55.1 Å². The molecule has 1 aliphatic heterocycles. The van der Waals surface area contributed by atoms with Crippen molar-refractivity contribution < 1.29 is 0 Å². The molecule has 1 aromatic rings. The Kier molecular flexibility index (Phi) is 4.94. The molecule has 3 nitrogen and oxygen atoms in total. The number of hydrogen-bond donors (Lipinski definition) is 1. The van der Waals surface area contributed by atoms with E-state index in [9.17, 15) is 0 Å². The van der Waals surface area contributed by atoms with Crippen LogP contribution in [0.15, 0.2) is 30.3 Å². The molecule has 1 N–H and O–H groups in total. The molecule has 21 heavy (non-hydrogen) atoms. The molecular formula is C18H29N3. The molecular weight excluding hydrogens is 258 g/mol. The number of benzene rings is 1. The quantitative estimate of drug-likeness (QED) is 0.867. The minimum Gasteiger partial charge on any atom is -0.312 e. The van der Waals surface area contributed by atoms with Gasteiger partial charge in [0.25, 0.3) is 0 Å². The Balaban J connectivity index is 1.72. The predicted octanol–water partition coefficient (Wildman–Crippen LogP) is 2.51. The van der Waals surface area contributed by atoms with Gasteiger partial charge in [0.15, 0.2) is 0 Å². The van der Waals surface area contributed by atoms with Crippen LogP contribution >= 0.6 is 0 Å². The lowest BCUT2D eigenvalue weighted by molar-refractivity contribution is 0.0492. The van der Waals surface area contributed by atoms with Crippen molar-refractivity contribution in [2.45, 2.75) is 44.3 Å². The number of nitrogens with zero attached hydrogens (tertiary/aromatic N) is 2. The molecule has 0 bridgehead atoms. The molecule has 0 aromatic heterocycles. The van der Waals surface area contributed by atoms with Gasteiger partial charge in [-0.05, 0) is 31.9 Å². The number of nitrogens with one attached hydrogen (secondary N) is 1. The Hall–Kier alpha value is -0.900. The maximum Gasteiger partial charge on any atom is 0.0479 e. The van der Waals surface area contributed by atoms with Gasteiger partial charge < -0.3 is 10.2 Å². The molecule has 1 saturated heterocycles. The fourth-order valence-corrected chi connectivity index (χ4v) is 3.43. The van der Waals surface area contributed by atoms with Gasteiger partial charge in [0, 0.05) is 44.3 Å². The van der Waals surface area contributed by atoms with E-state index in [2.05, 4.69) is 59.4 Å². The van der Waals surface area contributed by atoms with Crippen molar-refractivity contribution in [3.8, 4) is 0 Å². The van der Waals surface area contributed by atoms with E-state index >= 15 is 0 Å². The average molecular weight is 287 g/mol. The third-order valence-corrected chi connectivity index (χ3v) is 4.97. The van der Waals surface area contributed by atoms with Crippen LogP contribution in [0.25, 0.3) is 0 Å². The van der Waals surface area contributed by atoms with Crippen LogP contribution < -0.4 is 5.32 Å². The first kappa shape index (κ1) is 15.0. The van der Waals surface area contributed by atoms with E-state index in [1.165, 1.54) is 37.9 Å². The Morgan fingerprint density at radius 2 is 1.95 bits per heavy atom. The Bertz CT molecular complexity index is 429. The SMILES string of the molecule is CCC(CNC1CC1)N1CCN(C)CC1c1ccccc1. The van der Waals surface area contributed by atoms with E-state index in [4.69, 9.17) is 0 Å². The summed E-state index contributed by atoms with van der Waals surface area (Å²) in [5, 5.41) is 3.73. The Morgan fingerprint density at radius 3 is 2.62 bits per heavy atom. The highest BCUT2D eigenvalue weighted by molar-refractivity contribution is 5.20. The molecule has 116 valence electrons. The fraction of sp³-hybridized carbons (Fsp3) is 0.667. The normalized spacial score (nSPS) is 25.9. The van der Waals surface area contributed by atoms with E-state index in [-0.39, 0.29) is 0 Å². The summed E-state index contributed by atoms with van der Waals surface area (Å²) in [6.45, 7) is 6.99. The van der Waals surface area contributed by atoms with Crippen LogP contribution in [0, 0.1) is 0 Å². The van der Waals surface area contributed by atoms with Gasteiger partial charge in [-0.3, -0.25) is 4.90 Å². The third kappa shape index (κ3) is 3.85. The van der Waals surface area contributed by atoms with Gasteiger partial charge in [-0.15, -0.1) is 0 Å². The van der Waals surface area contributed by atoms with Crippen molar-refractivity contribution >= 4 is 0 Å². The predicted molar refractivity (Wildman–Crippen MR) is 88.5 cm³/mol. The summed E-state index contributed by atoms with van der Waals surface area (Å²) in [7, 11) is 2.25. The Morgan fingerprint density at radius 1 is 1.19 bits per heavy atom. The first-order valence-corrected chi connectivity index (χ1v) is 8.50. The zero-order chi connectivity index (χ0) is 14.7. The average Bonchev–Trinajstić information content (AvgIpc) is 3.34. The molecule has 0 amide bonds. The number of piperazine rings is 1. The van der Waals surface area contributed by atoms with Crippen molar-refractivity contribution in [3.05, 3.63) is 35.9 Å². The van der Waals surface area contributed by atoms with E-state index in [0.29, 0.717) is 12.1 Å². The maximum atomic E-state index is 3.73. The largest absolute Gasteiger partial charge is 0.312 e. The zero-order valence-corrected chi connectivity index (χ0v) is 13.5. The van der Waals surface area contributed by atoms with E-state index in [0.717, 1.165) is 19.1 Å². The van der Waals surface area contributed by atoms with E-state index in [1.54, 1.807) is 0 Å². The standard InChI is InChI=1S/C18H29N3/c1-3-17(13-19-16-9-10-16)21-12-11-20(2)14-18(21)15-7-5-4-6-8-15/h4-8,16-19H,3,9-14H2,1-2H3. The van der Waals surface area contributed by atoms with Gasteiger partial charge in [-0.2, -0.15) is 0 Å². The third-order valence-electron chi connectivity index (χ3n) is 4.97. The summed E-state index contributed by atoms with van der Waals surface area (Å²) in [5.41, 5.74) is 1.47. The van der Waals surface area contributed by atoms with Gasteiger partial charge in [0.2, 0.25) is 0 Å². The number of hydrogen-bond acceptors (Lipinski definition) is 3. The van der Waals surface area contributed by atoms with Crippen LogP contribution in [0.4, 0.5) is 0 Å². The first-order valence-electron chi connectivity index (χ1n) is 8.50. The molecule has 2 aliphatic rings. The molecule has 3 rings (SSSR count). The van der Waals surface area contributed by atoms with Crippen LogP contribution in [0.3, 0.4) is 0 Å². The lowest BCUT2D eigenvalue weighted by Gasteiger charge is -2.44. The van der Waals surface area contributed by atoms with Crippen LogP contribution in [0.2, 0.25) is 0 Å².